The van der Waals surface area contributed by atoms with Crippen molar-refractivity contribution in [2.45, 2.75) is 49.2 Å². The highest BCUT2D eigenvalue weighted by Crippen LogP contribution is 2.46. The first-order chi connectivity index (χ1) is 12.3. The standard InChI is InChI=1S/C18H19N5OS/c19-11-13-3-1-2-4-15(13)20-16(24)9-10-25-18-22-21-17(12-5-6-12)23(18)14-7-8-14/h1-4,12,14H,5-10H2,(H,20,24). The third-order valence-corrected chi connectivity index (χ3v) is 5.37. The highest BCUT2D eigenvalue weighted by Gasteiger charge is 2.36. The van der Waals surface area contributed by atoms with E-state index in [1.807, 2.05) is 6.07 Å². The molecule has 4 rings (SSSR count). The van der Waals surface area contributed by atoms with Crippen molar-refractivity contribution in [1.82, 2.24) is 14.8 Å². The summed E-state index contributed by atoms with van der Waals surface area (Å²) in [5.74, 6) is 2.29. The van der Waals surface area contributed by atoms with Crippen molar-refractivity contribution in [3.8, 4) is 6.07 Å². The lowest BCUT2D eigenvalue weighted by Crippen LogP contribution is -2.13. The maximum atomic E-state index is 12.1. The number of hydrogen-bond donors (Lipinski definition) is 1. The van der Waals surface area contributed by atoms with Crippen LogP contribution in [0.25, 0.3) is 0 Å². The Morgan fingerprint density at radius 3 is 2.80 bits per heavy atom. The third kappa shape index (κ3) is 3.69. The molecule has 0 unspecified atom stereocenters. The highest BCUT2D eigenvalue weighted by atomic mass is 32.2. The number of nitrogens with one attached hydrogen (secondary N) is 1. The predicted octanol–water partition coefficient (Wildman–Crippen LogP) is 3.48. The molecule has 1 N–H and O–H groups in total. The second-order valence-electron chi connectivity index (χ2n) is 6.52. The van der Waals surface area contributed by atoms with Gasteiger partial charge >= 0.3 is 0 Å². The van der Waals surface area contributed by atoms with Crippen LogP contribution < -0.4 is 5.32 Å². The topological polar surface area (TPSA) is 83.6 Å². The van der Waals surface area contributed by atoms with Gasteiger partial charge in [-0.3, -0.25) is 4.79 Å². The number of nitrogens with zero attached hydrogens (tertiary/aromatic N) is 4. The Labute approximate surface area is 150 Å². The Balaban J connectivity index is 1.34. The Kier molecular flexibility index (Phi) is 4.45. The van der Waals surface area contributed by atoms with E-state index in [4.69, 9.17) is 5.26 Å². The van der Waals surface area contributed by atoms with Crippen molar-refractivity contribution in [3.05, 3.63) is 35.7 Å². The van der Waals surface area contributed by atoms with Gasteiger partial charge in [-0.2, -0.15) is 5.26 Å². The zero-order chi connectivity index (χ0) is 17.2. The van der Waals surface area contributed by atoms with Crippen molar-refractivity contribution in [3.63, 3.8) is 0 Å². The fraction of sp³-hybridized carbons (Fsp3) is 0.444. The van der Waals surface area contributed by atoms with Crippen LogP contribution in [0.2, 0.25) is 0 Å². The average molecular weight is 353 g/mol. The number of carbonyl (C=O) groups is 1. The lowest BCUT2D eigenvalue weighted by molar-refractivity contribution is -0.115. The lowest BCUT2D eigenvalue weighted by atomic mass is 10.2. The Hall–Kier alpha value is -2.33. The minimum absolute atomic E-state index is 0.0879. The maximum absolute atomic E-state index is 12.1. The lowest BCUT2D eigenvalue weighted by Gasteiger charge is -2.08. The minimum Gasteiger partial charge on any atom is -0.325 e. The normalized spacial score (nSPS) is 16.4. The number of hydrogen-bond acceptors (Lipinski definition) is 5. The molecule has 25 heavy (non-hydrogen) atoms. The molecule has 0 bridgehead atoms. The van der Waals surface area contributed by atoms with Gasteiger partial charge in [-0.05, 0) is 37.8 Å². The summed E-state index contributed by atoms with van der Waals surface area (Å²) in [6, 6.07) is 9.68. The molecular weight excluding hydrogens is 334 g/mol. The van der Waals surface area contributed by atoms with Crippen molar-refractivity contribution < 1.29 is 4.79 Å². The fourth-order valence-corrected chi connectivity index (χ4v) is 3.77. The zero-order valence-corrected chi connectivity index (χ0v) is 14.6. The van der Waals surface area contributed by atoms with Crippen LogP contribution in [-0.4, -0.2) is 26.4 Å². The van der Waals surface area contributed by atoms with Crippen LogP contribution in [0.1, 0.15) is 55.5 Å². The molecule has 6 nitrogen and oxygen atoms in total. The predicted molar refractivity (Wildman–Crippen MR) is 95.4 cm³/mol. The van der Waals surface area contributed by atoms with E-state index in [2.05, 4.69) is 26.2 Å². The number of anilines is 1. The molecule has 0 radical (unpaired) electrons. The first-order valence-electron chi connectivity index (χ1n) is 8.63. The van der Waals surface area contributed by atoms with Gasteiger partial charge in [0.2, 0.25) is 5.91 Å². The third-order valence-electron chi connectivity index (χ3n) is 4.43. The molecule has 2 fully saturated rings. The molecule has 2 saturated carbocycles. The van der Waals surface area contributed by atoms with Crippen LogP contribution >= 0.6 is 11.8 Å². The van der Waals surface area contributed by atoms with Crippen LogP contribution in [0.4, 0.5) is 5.69 Å². The summed E-state index contributed by atoms with van der Waals surface area (Å²) in [6.07, 6.45) is 5.22. The molecule has 2 aromatic rings. The summed E-state index contributed by atoms with van der Waals surface area (Å²) in [5, 5.41) is 21.6. The number of thioether (sulfide) groups is 1. The van der Waals surface area contributed by atoms with E-state index in [9.17, 15) is 4.79 Å². The van der Waals surface area contributed by atoms with E-state index in [0.717, 1.165) is 11.0 Å². The number of rotatable bonds is 7. The summed E-state index contributed by atoms with van der Waals surface area (Å²) >= 11 is 1.59. The smallest absolute Gasteiger partial charge is 0.225 e. The van der Waals surface area contributed by atoms with Gasteiger partial charge < -0.3 is 9.88 Å². The van der Waals surface area contributed by atoms with Gasteiger partial charge in [-0.1, -0.05) is 23.9 Å². The van der Waals surface area contributed by atoms with Crippen LogP contribution in [0, 0.1) is 11.3 Å². The van der Waals surface area contributed by atoms with E-state index in [0.29, 0.717) is 35.4 Å². The minimum atomic E-state index is -0.0879. The molecule has 0 spiro atoms. The van der Waals surface area contributed by atoms with Crippen molar-refractivity contribution in [1.29, 1.82) is 5.26 Å². The number of benzene rings is 1. The van der Waals surface area contributed by atoms with E-state index in [-0.39, 0.29) is 5.91 Å². The molecule has 1 heterocycles. The number of para-hydroxylation sites is 1. The summed E-state index contributed by atoms with van der Waals surface area (Å²) in [4.78, 5) is 12.1. The van der Waals surface area contributed by atoms with E-state index in [1.54, 1.807) is 30.0 Å². The monoisotopic (exact) mass is 353 g/mol. The quantitative estimate of drug-likeness (QED) is 0.771. The SMILES string of the molecule is N#Cc1ccccc1NC(=O)CCSc1nnc(C2CC2)n1C1CC1. The molecule has 1 aromatic carbocycles. The largest absolute Gasteiger partial charge is 0.325 e. The molecule has 2 aliphatic carbocycles. The molecule has 1 aromatic heterocycles. The maximum Gasteiger partial charge on any atom is 0.225 e. The number of carbonyl (C=O) groups excluding carboxylic acids is 1. The number of aromatic nitrogens is 3. The molecule has 2 aliphatic rings. The highest BCUT2D eigenvalue weighted by molar-refractivity contribution is 7.99. The van der Waals surface area contributed by atoms with Crippen molar-refractivity contribution in [2.24, 2.45) is 0 Å². The fourth-order valence-electron chi connectivity index (χ4n) is 2.82. The van der Waals surface area contributed by atoms with E-state index < -0.39 is 0 Å². The first kappa shape index (κ1) is 16.2. The van der Waals surface area contributed by atoms with E-state index in [1.165, 1.54) is 25.7 Å². The van der Waals surface area contributed by atoms with Gasteiger partial charge in [0.1, 0.15) is 11.9 Å². The van der Waals surface area contributed by atoms with Crippen LogP contribution in [0.15, 0.2) is 29.4 Å². The summed E-state index contributed by atoms with van der Waals surface area (Å²) in [6.45, 7) is 0. The molecule has 1 amide bonds. The van der Waals surface area contributed by atoms with Gasteiger partial charge in [0.15, 0.2) is 5.16 Å². The Morgan fingerprint density at radius 1 is 1.28 bits per heavy atom. The van der Waals surface area contributed by atoms with Crippen LogP contribution in [-0.2, 0) is 4.79 Å². The number of nitriles is 1. The molecule has 7 heteroatoms. The summed E-state index contributed by atoms with van der Waals surface area (Å²) in [5.41, 5.74) is 1.04. The van der Waals surface area contributed by atoms with Gasteiger partial charge in [-0.25, -0.2) is 0 Å². The molecule has 128 valence electrons. The Morgan fingerprint density at radius 2 is 2.08 bits per heavy atom. The Bertz CT molecular complexity index is 832. The molecule has 0 saturated heterocycles. The molecule has 0 atom stereocenters. The number of amides is 1. The summed E-state index contributed by atoms with van der Waals surface area (Å²) < 4.78 is 2.30. The van der Waals surface area contributed by atoms with Gasteiger partial charge in [0.25, 0.3) is 0 Å². The first-order valence-corrected chi connectivity index (χ1v) is 9.61. The van der Waals surface area contributed by atoms with Crippen molar-refractivity contribution in [2.75, 3.05) is 11.1 Å². The average Bonchev–Trinajstić information content (AvgIpc) is 3.54. The van der Waals surface area contributed by atoms with Crippen LogP contribution in [0.5, 0.6) is 0 Å². The second kappa shape index (κ2) is 6.89. The molecular formula is C18H19N5OS. The zero-order valence-electron chi connectivity index (χ0n) is 13.8. The van der Waals surface area contributed by atoms with Gasteiger partial charge in [0, 0.05) is 24.1 Å². The summed E-state index contributed by atoms with van der Waals surface area (Å²) in [7, 11) is 0. The van der Waals surface area contributed by atoms with Gasteiger partial charge in [-0.15, -0.1) is 10.2 Å². The van der Waals surface area contributed by atoms with Crippen molar-refractivity contribution >= 4 is 23.4 Å². The van der Waals surface area contributed by atoms with Crippen LogP contribution in [0.3, 0.4) is 0 Å². The van der Waals surface area contributed by atoms with E-state index >= 15 is 0 Å². The molecule has 0 aliphatic heterocycles. The second-order valence-corrected chi connectivity index (χ2v) is 7.58. The van der Waals surface area contributed by atoms with Gasteiger partial charge in [0.05, 0.1) is 11.3 Å².